The molecule has 0 aromatic rings. The van der Waals surface area contributed by atoms with E-state index < -0.39 is 13.9 Å². The van der Waals surface area contributed by atoms with Crippen LogP contribution in [0.1, 0.15) is 174 Å². The highest BCUT2D eigenvalue weighted by Crippen LogP contribution is 2.43. The second-order valence-electron chi connectivity index (χ2n) is 15.7. The maximum Gasteiger partial charge on any atom is 0.472 e. The number of likely N-dealkylation sites (N-methyl/N-ethyl adjacent to an activating group) is 1. The molecule has 0 aliphatic rings. The Morgan fingerprint density at radius 3 is 1.52 bits per heavy atom. The lowest BCUT2D eigenvalue weighted by Crippen LogP contribution is -2.37. The van der Waals surface area contributed by atoms with Gasteiger partial charge in [0.05, 0.1) is 34.4 Å². The predicted octanol–water partition coefficient (Wildman–Crippen LogP) is 12.8. The minimum Gasteiger partial charge on any atom is -0.457 e. The van der Waals surface area contributed by atoms with Gasteiger partial charge >= 0.3 is 13.8 Å². The zero-order valence-corrected chi connectivity index (χ0v) is 36.6. The van der Waals surface area contributed by atoms with Gasteiger partial charge in [-0.25, -0.2) is 4.57 Å². The zero-order chi connectivity index (χ0) is 39.9. The van der Waals surface area contributed by atoms with Crippen molar-refractivity contribution in [2.45, 2.75) is 180 Å². The number of phosphoric acid groups is 1. The summed E-state index contributed by atoms with van der Waals surface area (Å²) in [5.41, 5.74) is 0. The van der Waals surface area contributed by atoms with Crippen molar-refractivity contribution in [1.82, 2.24) is 0 Å². The number of unbranched alkanes of at least 4 members (excludes halogenated alkanes) is 18. The van der Waals surface area contributed by atoms with Crippen LogP contribution in [0, 0.1) is 0 Å². The predicted molar refractivity (Wildman–Crippen MR) is 229 cm³/mol. The first-order chi connectivity index (χ1) is 26.1. The number of phosphoric ester groups is 1. The molecule has 0 heterocycles. The van der Waals surface area contributed by atoms with E-state index in [-0.39, 0.29) is 32.2 Å². The molecule has 0 rings (SSSR count). The van der Waals surface area contributed by atoms with Gasteiger partial charge in [0.1, 0.15) is 19.3 Å². The Bertz CT molecular complexity index is 1000. The average molecular weight is 783 g/mol. The highest BCUT2D eigenvalue weighted by Gasteiger charge is 2.26. The lowest BCUT2D eigenvalue weighted by Gasteiger charge is -2.24. The van der Waals surface area contributed by atoms with Gasteiger partial charge in [0.2, 0.25) is 0 Å². The van der Waals surface area contributed by atoms with Crippen molar-refractivity contribution >= 4 is 13.8 Å². The number of allylic oxidation sites excluding steroid dienone is 8. The molecule has 54 heavy (non-hydrogen) atoms. The second-order valence-corrected chi connectivity index (χ2v) is 17.2. The van der Waals surface area contributed by atoms with Gasteiger partial charge in [0.25, 0.3) is 0 Å². The topological polar surface area (TPSA) is 91.3 Å². The summed E-state index contributed by atoms with van der Waals surface area (Å²) in [4.78, 5) is 22.8. The third kappa shape index (κ3) is 41.6. The van der Waals surface area contributed by atoms with Crippen LogP contribution in [0.4, 0.5) is 0 Å². The Hall–Kier alpha value is -1.54. The van der Waals surface area contributed by atoms with E-state index in [0.29, 0.717) is 24.1 Å². The van der Waals surface area contributed by atoms with E-state index in [2.05, 4.69) is 62.5 Å². The molecule has 0 fully saturated rings. The molecule has 0 bridgehead atoms. The van der Waals surface area contributed by atoms with Crippen LogP contribution in [0.5, 0.6) is 0 Å². The standard InChI is InChI=1S/C45H84NO7P/c1-6-8-10-12-14-16-18-20-22-23-24-26-28-30-32-34-36-38-45(47)53-44(43-52-54(48,49)51-41-39-46(3,4)5)42-50-40-37-35-33-31-29-27-25-21-19-17-15-13-11-9-7-2/h14,16,20,22,24,26,30,32,44H,6-13,15,17-19,21,23,25,27-29,31,33-43H2,1-5H3/p+1/b16-14-,22-20-,26-24-,32-30-. The molecule has 0 aliphatic carbocycles. The first kappa shape index (κ1) is 52.5. The van der Waals surface area contributed by atoms with Crippen molar-refractivity contribution in [2.75, 3.05) is 54.1 Å². The number of hydrogen-bond acceptors (Lipinski definition) is 6. The largest absolute Gasteiger partial charge is 0.472 e. The van der Waals surface area contributed by atoms with Gasteiger partial charge in [-0.2, -0.15) is 0 Å². The van der Waals surface area contributed by atoms with Gasteiger partial charge < -0.3 is 18.9 Å². The normalized spacial score (nSPS) is 14.3. The fraction of sp³-hybridized carbons (Fsp3) is 0.800. The molecule has 0 aromatic heterocycles. The van der Waals surface area contributed by atoms with Crippen LogP contribution >= 0.6 is 7.82 Å². The van der Waals surface area contributed by atoms with Crippen LogP contribution in [0.15, 0.2) is 48.6 Å². The van der Waals surface area contributed by atoms with Crippen molar-refractivity contribution < 1.29 is 37.3 Å². The van der Waals surface area contributed by atoms with E-state index in [1.807, 2.05) is 21.1 Å². The van der Waals surface area contributed by atoms with E-state index in [4.69, 9.17) is 18.5 Å². The van der Waals surface area contributed by atoms with E-state index in [1.54, 1.807) is 0 Å². The first-order valence-electron chi connectivity index (χ1n) is 21.9. The second kappa shape index (κ2) is 38.3. The molecule has 1 N–H and O–H groups in total. The van der Waals surface area contributed by atoms with Gasteiger partial charge in [-0.15, -0.1) is 0 Å². The highest BCUT2D eigenvalue weighted by atomic mass is 31.2. The Labute approximate surface area is 333 Å². The first-order valence-corrected chi connectivity index (χ1v) is 23.4. The summed E-state index contributed by atoms with van der Waals surface area (Å²) in [5, 5.41) is 0. The lowest BCUT2D eigenvalue weighted by atomic mass is 10.0. The Morgan fingerprint density at radius 1 is 0.574 bits per heavy atom. The molecular formula is C45H85NO7P+. The number of rotatable bonds is 40. The summed E-state index contributed by atoms with van der Waals surface area (Å²) in [6, 6.07) is 0. The quantitative estimate of drug-likeness (QED) is 0.0218. The van der Waals surface area contributed by atoms with Crippen LogP contribution < -0.4 is 0 Å². The number of ether oxygens (including phenoxy) is 2. The zero-order valence-electron chi connectivity index (χ0n) is 35.7. The van der Waals surface area contributed by atoms with E-state index in [0.717, 1.165) is 38.5 Å². The van der Waals surface area contributed by atoms with Crippen LogP contribution in [0.3, 0.4) is 0 Å². The molecule has 0 amide bonds. The summed E-state index contributed by atoms with van der Waals surface area (Å²) >= 11 is 0. The molecule has 0 saturated heterocycles. The monoisotopic (exact) mass is 783 g/mol. The molecule has 0 aromatic carbocycles. The number of hydrogen-bond donors (Lipinski definition) is 1. The fourth-order valence-electron chi connectivity index (χ4n) is 5.72. The molecule has 9 heteroatoms. The molecule has 0 spiro atoms. The van der Waals surface area contributed by atoms with Crippen LogP contribution in [-0.2, 0) is 27.9 Å². The number of carbonyl (C=O) groups is 1. The van der Waals surface area contributed by atoms with E-state index in [9.17, 15) is 14.3 Å². The average Bonchev–Trinajstić information content (AvgIpc) is 3.12. The highest BCUT2D eigenvalue weighted by molar-refractivity contribution is 7.47. The van der Waals surface area contributed by atoms with Gasteiger partial charge in [0.15, 0.2) is 0 Å². The molecule has 0 saturated carbocycles. The van der Waals surface area contributed by atoms with Crippen molar-refractivity contribution in [3.8, 4) is 0 Å². The van der Waals surface area contributed by atoms with Gasteiger partial charge in [-0.3, -0.25) is 13.8 Å². The fourth-order valence-corrected chi connectivity index (χ4v) is 6.46. The van der Waals surface area contributed by atoms with Crippen LogP contribution in [0.25, 0.3) is 0 Å². The summed E-state index contributed by atoms with van der Waals surface area (Å²) < 4.78 is 34.9. The number of esters is 1. The third-order valence-corrected chi connectivity index (χ3v) is 10.1. The lowest BCUT2D eigenvalue weighted by molar-refractivity contribution is -0.870. The number of carbonyl (C=O) groups excluding carboxylic acids is 1. The van der Waals surface area contributed by atoms with Crippen LogP contribution in [-0.4, -0.2) is 75.6 Å². The van der Waals surface area contributed by atoms with Crippen molar-refractivity contribution in [1.29, 1.82) is 0 Å². The number of nitrogens with zero attached hydrogens (tertiary/aromatic N) is 1. The van der Waals surface area contributed by atoms with Crippen molar-refractivity contribution in [3.63, 3.8) is 0 Å². The molecule has 0 aliphatic heterocycles. The summed E-state index contributed by atoms with van der Waals surface area (Å²) in [6.45, 7) is 5.53. The smallest absolute Gasteiger partial charge is 0.457 e. The van der Waals surface area contributed by atoms with E-state index in [1.165, 1.54) is 109 Å². The molecule has 8 nitrogen and oxygen atoms in total. The third-order valence-electron chi connectivity index (χ3n) is 9.14. The maximum atomic E-state index is 12.7. The maximum absolute atomic E-state index is 12.7. The summed E-state index contributed by atoms with van der Waals surface area (Å²) in [6.07, 6.45) is 45.8. The Balaban J connectivity index is 4.34. The minimum atomic E-state index is -4.29. The molecule has 2 unspecified atom stereocenters. The summed E-state index contributed by atoms with van der Waals surface area (Å²) in [7, 11) is 1.63. The SMILES string of the molecule is CCCCC/C=C\C/C=C\C/C=C\C/C=C\CCCC(=O)OC(COCCCCCCCCCCCCCCCCC)COP(=O)(O)OCC[N+](C)(C)C. The number of quaternary nitrogens is 1. The Kier molecular flexibility index (Phi) is 37.2. The molecule has 0 radical (unpaired) electrons. The Morgan fingerprint density at radius 2 is 1.02 bits per heavy atom. The van der Waals surface area contributed by atoms with E-state index >= 15 is 0 Å². The van der Waals surface area contributed by atoms with Gasteiger partial charge in [-0.1, -0.05) is 165 Å². The molecule has 2 atom stereocenters. The van der Waals surface area contributed by atoms with Gasteiger partial charge in [-0.05, 0) is 51.4 Å². The summed E-state index contributed by atoms with van der Waals surface area (Å²) in [5.74, 6) is -0.367. The molecule has 316 valence electrons. The molecular weight excluding hydrogens is 697 g/mol. The minimum absolute atomic E-state index is 0.0783. The van der Waals surface area contributed by atoms with Gasteiger partial charge in [0, 0.05) is 13.0 Å². The van der Waals surface area contributed by atoms with Crippen molar-refractivity contribution in [3.05, 3.63) is 48.6 Å². The van der Waals surface area contributed by atoms with Crippen molar-refractivity contribution in [2.24, 2.45) is 0 Å². The van der Waals surface area contributed by atoms with Crippen LogP contribution in [0.2, 0.25) is 0 Å².